The number of para-hydroxylation sites is 2. The van der Waals surface area contributed by atoms with E-state index in [0.717, 1.165) is 33.2 Å². The fourth-order valence-electron chi connectivity index (χ4n) is 4.45. The number of rotatable bonds is 5. The lowest BCUT2D eigenvalue weighted by Crippen LogP contribution is -2.23. The van der Waals surface area contributed by atoms with E-state index in [2.05, 4.69) is 48.1 Å². The van der Waals surface area contributed by atoms with Crippen LogP contribution < -0.4 is 0 Å². The van der Waals surface area contributed by atoms with E-state index in [4.69, 9.17) is 4.74 Å². The van der Waals surface area contributed by atoms with Gasteiger partial charge in [0.2, 0.25) is 0 Å². The first-order valence-corrected chi connectivity index (χ1v) is 9.84. The summed E-state index contributed by atoms with van der Waals surface area (Å²) in [6.07, 6.45) is 0. The van der Waals surface area contributed by atoms with Gasteiger partial charge in [0, 0.05) is 39.1 Å². The van der Waals surface area contributed by atoms with Crippen molar-refractivity contribution in [1.29, 1.82) is 0 Å². The Morgan fingerprint density at radius 1 is 0.893 bits per heavy atom. The van der Waals surface area contributed by atoms with Crippen LogP contribution in [0.2, 0.25) is 0 Å². The maximum Gasteiger partial charge on any atom is 0.309 e. The standard InChI is InChI=1S/C24H26N2O2/c1-5-28-24(27)14(2)21(22-15(3)25-19-12-8-6-10-17(19)22)23-16(4)26-20-13-9-7-11-18(20)23/h6-14,21,25-26H,5H2,1-4H3. The number of aryl methyl sites for hydroxylation is 2. The Morgan fingerprint density at radius 3 is 1.82 bits per heavy atom. The maximum atomic E-state index is 12.8. The van der Waals surface area contributed by atoms with Gasteiger partial charge in [0.25, 0.3) is 0 Å². The summed E-state index contributed by atoms with van der Waals surface area (Å²) in [7, 11) is 0. The highest BCUT2D eigenvalue weighted by Crippen LogP contribution is 2.43. The maximum absolute atomic E-state index is 12.8. The first-order valence-electron chi connectivity index (χ1n) is 9.84. The number of fused-ring (bicyclic) bond motifs is 2. The Morgan fingerprint density at radius 2 is 1.36 bits per heavy atom. The van der Waals surface area contributed by atoms with Crippen LogP contribution in [-0.4, -0.2) is 22.5 Å². The summed E-state index contributed by atoms with van der Waals surface area (Å²) >= 11 is 0. The lowest BCUT2D eigenvalue weighted by Gasteiger charge is -2.24. The third-order valence-corrected chi connectivity index (χ3v) is 5.67. The quantitative estimate of drug-likeness (QED) is 0.447. The van der Waals surface area contributed by atoms with Crippen LogP contribution in [0.4, 0.5) is 0 Å². The molecular formula is C24H26N2O2. The summed E-state index contributed by atoms with van der Waals surface area (Å²) in [4.78, 5) is 19.8. The minimum atomic E-state index is -0.309. The molecule has 0 saturated carbocycles. The monoisotopic (exact) mass is 374 g/mol. The number of carbonyl (C=O) groups is 1. The third-order valence-electron chi connectivity index (χ3n) is 5.67. The fraction of sp³-hybridized carbons (Fsp3) is 0.292. The van der Waals surface area contributed by atoms with Crippen molar-refractivity contribution >= 4 is 27.8 Å². The zero-order chi connectivity index (χ0) is 19.8. The number of aromatic nitrogens is 2. The van der Waals surface area contributed by atoms with Gasteiger partial charge in [-0.15, -0.1) is 0 Å². The zero-order valence-electron chi connectivity index (χ0n) is 16.8. The molecule has 4 heteroatoms. The van der Waals surface area contributed by atoms with Crippen molar-refractivity contribution in [1.82, 2.24) is 9.97 Å². The summed E-state index contributed by atoms with van der Waals surface area (Å²) in [5.74, 6) is -0.580. The molecule has 0 radical (unpaired) electrons. The van der Waals surface area contributed by atoms with Crippen molar-refractivity contribution in [2.24, 2.45) is 5.92 Å². The van der Waals surface area contributed by atoms with Crippen LogP contribution in [0.5, 0.6) is 0 Å². The molecule has 1 atom stereocenters. The Balaban J connectivity index is 2.01. The number of aromatic amines is 2. The van der Waals surface area contributed by atoms with E-state index in [-0.39, 0.29) is 17.8 Å². The molecule has 0 bridgehead atoms. The topological polar surface area (TPSA) is 57.9 Å². The Labute approximate surface area is 164 Å². The number of hydrogen-bond acceptors (Lipinski definition) is 2. The predicted molar refractivity (Wildman–Crippen MR) is 114 cm³/mol. The van der Waals surface area contributed by atoms with Crippen LogP contribution in [-0.2, 0) is 9.53 Å². The van der Waals surface area contributed by atoms with Crippen molar-refractivity contribution in [3.05, 3.63) is 71.0 Å². The second-order valence-electron chi connectivity index (χ2n) is 7.44. The minimum Gasteiger partial charge on any atom is -0.466 e. The summed E-state index contributed by atoms with van der Waals surface area (Å²) < 4.78 is 5.43. The molecule has 2 aromatic heterocycles. The predicted octanol–water partition coefficient (Wildman–Crippen LogP) is 5.60. The number of carbonyl (C=O) groups excluding carboxylic acids is 1. The summed E-state index contributed by atoms with van der Waals surface area (Å²) in [6.45, 7) is 8.39. The molecule has 0 fully saturated rings. The molecule has 0 saturated heterocycles. The molecule has 144 valence electrons. The molecule has 2 N–H and O–H groups in total. The second kappa shape index (κ2) is 7.19. The van der Waals surface area contributed by atoms with Gasteiger partial charge in [-0.25, -0.2) is 0 Å². The highest BCUT2D eigenvalue weighted by molar-refractivity contribution is 5.91. The molecule has 4 nitrogen and oxygen atoms in total. The number of H-pyrrole nitrogens is 2. The highest BCUT2D eigenvalue weighted by atomic mass is 16.5. The van der Waals surface area contributed by atoms with Gasteiger partial charge in [0.05, 0.1) is 12.5 Å². The molecule has 2 aromatic carbocycles. The molecule has 4 aromatic rings. The van der Waals surface area contributed by atoms with Gasteiger partial charge in [-0.05, 0) is 44.0 Å². The van der Waals surface area contributed by atoms with Crippen LogP contribution in [0, 0.1) is 19.8 Å². The number of ether oxygens (including phenoxy) is 1. The number of esters is 1. The first kappa shape index (κ1) is 18.4. The molecule has 0 amide bonds. The van der Waals surface area contributed by atoms with Crippen LogP contribution >= 0.6 is 0 Å². The van der Waals surface area contributed by atoms with E-state index >= 15 is 0 Å². The van der Waals surface area contributed by atoms with Crippen LogP contribution in [0.3, 0.4) is 0 Å². The zero-order valence-corrected chi connectivity index (χ0v) is 16.8. The van der Waals surface area contributed by atoms with Gasteiger partial charge in [-0.2, -0.15) is 0 Å². The molecular weight excluding hydrogens is 348 g/mol. The molecule has 4 rings (SSSR count). The van der Waals surface area contributed by atoms with E-state index in [9.17, 15) is 4.79 Å². The van der Waals surface area contributed by atoms with E-state index in [0.29, 0.717) is 6.61 Å². The molecule has 0 aliphatic carbocycles. The Hall–Kier alpha value is -3.01. The lowest BCUT2D eigenvalue weighted by molar-refractivity contribution is -0.147. The van der Waals surface area contributed by atoms with E-state index in [1.165, 1.54) is 11.1 Å². The number of benzene rings is 2. The minimum absolute atomic E-state index is 0.105. The van der Waals surface area contributed by atoms with Gasteiger partial charge in [-0.1, -0.05) is 43.3 Å². The summed E-state index contributed by atoms with van der Waals surface area (Å²) in [5, 5.41) is 2.32. The first-order chi connectivity index (χ1) is 13.5. The second-order valence-corrected chi connectivity index (χ2v) is 7.44. The van der Waals surface area contributed by atoms with Gasteiger partial charge in [-0.3, -0.25) is 4.79 Å². The van der Waals surface area contributed by atoms with Crippen molar-refractivity contribution < 1.29 is 9.53 Å². The smallest absolute Gasteiger partial charge is 0.309 e. The normalized spacial score (nSPS) is 12.8. The lowest BCUT2D eigenvalue weighted by atomic mass is 9.79. The molecule has 0 aliphatic heterocycles. The number of nitrogens with one attached hydrogen (secondary N) is 2. The Kier molecular flexibility index (Phi) is 4.71. The largest absolute Gasteiger partial charge is 0.466 e. The van der Waals surface area contributed by atoms with Crippen molar-refractivity contribution in [2.75, 3.05) is 6.61 Å². The molecule has 28 heavy (non-hydrogen) atoms. The fourth-order valence-corrected chi connectivity index (χ4v) is 4.45. The van der Waals surface area contributed by atoms with Crippen LogP contribution in [0.25, 0.3) is 21.8 Å². The van der Waals surface area contributed by atoms with E-state index in [1.54, 1.807) is 0 Å². The highest BCUT2D eigenvalue weighted by Gasteiger charge is 2.34. The molecule has 2 heterocycles. The molecule has 1 unspecified atom stereocenters. The Bertz CT molecular complexity index is 1070. The molecule has 0 spiro atoms. The average molecular weight is 374 g/mol. The van der Waals surface area contributed by atoms with Crippen molar-refractivity contribution in [2.45, 2.75) is 33.6 Å². The third kappa shape index (κ3) is 2.89. The van der Waals surface area contributed by atoms with E-state index in [1.807, 2.05) is 38.1 Å². The number of hydrogen-bond donors (Lipinski definition) is 2. The van der Waals surface area contributed by atoms with Crippen molar-refractivity contribution in [3.8, 4) is 0 Å². The average Bonchev–Trinajstić information content (AvgIpc) is 3.19. The SMILES string of the molecule is CCOC(=O)C(C)C(c1c(C)[nH]c2ccccc12)c1c(C)[nH]c2ccccc12. The van der Waals surface area contributed by atoms with Crippen molar-refractivity contribution in [3.63, 3.8) is 0 Å². The van der Waals surface area contributed by atoms with Gasteiger partial charge in [0.1, 0.15) is 0 Å². The van der Waals surface area contributed by atoms with Gasteiger partial charge < -0.3 is 14.7 Å². The van der Waals surface area contributed by atoms with Crippen LogP contribution in [0.1, 0.15) is 42.3 Å². The summed E-state index contributed by atoms with van der Waals surface area (Å²) in [6, 6.07) is 16.6. The summed E-state index contributed by atoms with van der Waals surface area (Å²) in [5.41, 5.74) is 6.70. The van der Waals surface area contributed by atoms with Crippen LogP contribution in [0.15, 0.2) is 48.5 Å². The van der Waals surface area contributed by atoms with E-state index < -0.39 is 0 Å². The van der Waals surface area contributed by atoms with Gasteiger partial charge >= 0.3 is 5.97 Å². The van der Waals surface area contributed by atoms with Gasteiger partial charge in [0.15, 0.2) is 0 Å². The molecule has 0 aliphatic rings.